The third kappa shape index (κ3) is 5.30. The predicted molar refractivity (Wildman–Crippen MR) is 145 cm³/mol. The van der Waals surface area contributed by atoms with Gasteiger partial charge in [0.2, 0.25) is 0 Å². The maximum Gasteiger partial charge on any atom is 0.282 e. The number of para-hydroxylation sites is 1. The summed E-state index contributed by atoms with van der Waals surface area (Å²) in [6, 6.07) is 20.7. The number of rotatable bonds is 6. The SMILES string of the molecule is CCOc1cc(C=Nn2c(-c3ccccc3)nc3ccccc3c2=O)cc(I)c1OC(C)(C)C. The van der Waals surface area contributed by atoms with Gasteiger partial charge in [-0.25, -0.2) is 4.98 Å². The standard InChI is InChI=1S/C27H26IN3O3/c1-5-33-23-16-18(15-21(28)24(23)34-27(2,3)4)17-29-31-25(19-11-7-6-8-12-19)30-22-14-10-9-13-20(22)26(31)32/h6-17H,5H2,1-4H3. The van der Waals surface area contributed by atoms with Crippen LogP contribution in [0, 0.1) is 3.57 Å². The molecule has 0 fully saturated rings. The van der Waals surface area contributed by atoms with Gasteiger partial charge < -0.3 is 9.47 Å². The third-order valence-electron chi connectivity index (χ3n) is 4.85. The summed E-state index contributed by atoms with van der Waals surface area (Å²) in [7, 11) is 0. The van der Waals surface area contributed by atoms with Crippen LogP contribution in [0.2, 0.25) is 0 Å². The highest BCUT2D eigenvalue weighted by atomic mass is 127. The molecule has 0 unspecified atom stereocenters. The molecule has 3 aromatic carbocycles. The summed E-state index contributed by atoms with van der Waals surface area (Å²) in [4.78, 5) is 18.1. The molecule has 174 valence electrons. The molecular formula is C27H26IN3O3. The fourth-order valence-corrected chi connectivity index (χ4v) is 4.20. The second kappa shape index (κ2) is 9.97. The highest BCUT2D eigenvalue weighted by molar-refractivity contribution is 14.1. The van der Waals surface area contributed by atoms with Crippen LogP contribution in [0.25, 0.3) is 22.3 Å². The first-order valence-corrected chi connectivity index (χ1v) is 12.1. The largest absolute Gasteiger partial charge is 0.490 e. The molecule has 0 aliphatic carbocycles. The Kier molecular flexibility index (Phi) is 7.02. The number of fused-ring (bicyclic) bond motifs is 1. The van der Waals surface area contributed by atoms with Crippen molar-refractivity contribution in [1.82, 2.24) is 9.66 Å². The molecule has 1 heterocycles. The Morgan fingerprint density at radius 1 is 1.06 bits per heavy atom. The van der Waals surface area contributed by atoms with E-state index in [2.05, 4.69) is 27.7 Å². The van der Waals surface area contributed by atoms with Crippen LogP contribution >= 0.6 is 22.6 Å². The van der Waals surface area contributed by atoms with Crippen LogP contribution < -0.4 is 15.0 Å². The van der Waals surface area contributed by atoms with E-state index >= 15 is 0 Å². The van der Waals surface area contributed by atoms with Gasteiger partial charge in [-0.05, 0) is 80.1 Å². The van der Waals surface area contributed by atoms with Crippen LogP contribution in [0.3, 0.4) is 0 Å². The Morgan fingerprint density at radius 2 is 1.76 bits per heavy atom. The van der Waals surface area contributed by atoms with Gasteiger partial charge >= 0.3 is 0 Å². The van der Waals surface area contributed by atoms with Crippen molar-refractivity contribution >= 4 is 39.7 Å². The molecule has 34 heavy (non-hydrogen) atoms. The fourth-order valence-electron chi connectivity index (χ4n) is 3.46. The smallest absolute Gasteiger partial charge is 0.282 e. The number of benzene rings is 3. The van der Waals surface area contributed by atoms with Crippen molar-refractivity contribution in [1.29, 1.82) is 0 Å². The van der Waals surface area contributed by atoms with Crippen molar-refractivity contribution in [2.75, 3.05) is 6.61 Å². The van der Waals surface area contributed by atoms with Crippen LogP contribution in [0.1, 0.15) is 33.3 Å². The molecule has 0 bridgehead atoms. The summed E-state index contributed by atoms with van der Waals surface area (Å²) in [6.45, 7) is 8.43. The predicted octanol–water partition coefficient (Wildman–Crippen LogP) is 6.13. The Hall–Kier alpha value is -3.20. The van der Waals surface area contributed by atoms with Crippen LogP contribution in [0.4, 0.5) is 0 Å². The molecule has 0 aliphatic rings. The van der Waals surface area contributed by atoms with E-state index in [4.69, 9.17) is 14.5 Å². The van der Waals surface area contributed by atoms with Gasteiger partial charge in [0, 0.05) is 5.56 Å². The lowest BCUT2D eigenvalue weighted by atomic mass is 10.1. The Labute approximate surface area is 212 Å². The monoisotopic (exact) mass is 567 g/mol. The summed E-state index contributed by atoms with van der Waals surface area (Å²) in [5.41, 5.74) is 1.63. The number of halogens is 1. The van der Waals surface area contributed by atoms with Gasteiger partial charge in [0.25, 0.3) is 5.56 Å². The molecule has 0 saturated heterocycles. The van der Waals surface area contributed by atoms with Crippen molar-refractivity contribution in [3.63, 3.8) is 0 Å². The first-order valence-electron chi connectivity index (χ1n) is 11.0. The molecule has 0 N–H and O–H groups in total. The molecule has 7 heteroatoms. The van der Waals surface area contributed by atoms with Crippen molar-refractivity contribution in [3.05, 3.63) is 86.2 Å². The van der Waals surface area contributed by atoms with E-state index in [1.165, 1.54) is 4.68 Å². The first-order chi connectivity index (χ1) is 16.3. The highest BCUT2D eigenvalue weighted by Gasteiger charge is 2.19. The quantitative estimate of drug-likeness (QED) is 0.208. The maximum atomic E-state index is 13.4. The zero-order valence-electron chi connectivity index (χ0n) is 19.6. The maximum absolute atomic E-state index is 13.4. The van der Waals surface area contributed by atoms with E-state index in [1.807, 2.05) is 88.4 Å². The van der Waals surface area contributed by atoms with E-state index in [1.54, 1.807) is 12.3 Å². The first kappa shape index (κ1) is 23.9. The minimum absolute atomic E-state index is 0.229. The van der Waals surface area contributed by atoms with Gasteiger partial charge in [0.05, 0.1) is 27.3 Å². The van der Waals surface area contributed by atoms with E-state index in [0.29, 0.717) is 34.8 Å². The average Bonchev–Trinajstić information content (AvgIpc) is 2.81. The number of nitrogens with zero attached hydrogens (tertiary/aromatic N) is 3. The molecule has 6 nitrogen and oxygen atoms in total. The zero-order valence-corrected chi connectivity index (χ0v) is 21.7. The van der Waals surface area contributed by atoms with E-state index in [-0.39, 0.29) is 11.2 Å². The Balaban J connectivity index is 1.84. The second-order valence-electron chi connectivity index (χ2n) is 8.66. The van der Waals surface area contributed by atoms with E-state index in [0.717, 1.165) is 14.7 Å². The average molecular weight is 567 g/mol. The van der Waals surface area contributed by atoms with Gasteiger partial charge in [-0.3, -0.25) is 4.79 Å². The molecule has 4 rings (SSSR count). The number of hydrogen-bond donors (Lipinski definition) is 0. The second-order valence-corrected chi connectivity index (χ2v) is 9.82. The van der Waals surface area contributed by atoms with Crippen LogP contribution in [0.5, 0.6) is 11.5 Å². The summed E-state index contributed by atoms with van der Waals surface area (Å²) >= 11 is 2.23. The highest BCUT2D eigenvalue weighted by Crippen LogP contribution is 2.36. The van der Waals surface area contributed by atoms with Gasteiger partial charge in [-0.1, -0.05) is 42.5 Å². The van der Waals surface area contributed by atoms with Crippen molar-refractivity contribution < 1.29 is 9.47 Å². The lowest BCUT2D eigenvalue weighted by molar-refractivity contribution is 0.122. The van der Waals surface area contributed by atoms with Gasteiger partial charge in [-0.2, -0.15) is 9.78 Å². The topological polar surface area (TPSA) is 65.7 Å². The summed E-state index contributed by atoms with van der Waals surface area (Å²) < 4.78 is 14.2. The van der Waals surface area contributed by atoms with Crippen LogP contribution in [0.15, 0.2) is 76.6 Å². The molecule has 1 aromatic heterocycles. The minimum Gasteiger partial charge on any atom is -0.490 e. The normalized spacial score (nSPS) is 11.8. The molecule has 0 atom stereocenters. The van der Waals surface area contributed by atoms with Crippen LogP contribution in [-0.4, -0.2) is 28.1 Å². The summed E-state index contributed by atoms with van der Waals surface area (Å²) in [6.07, 6.45) is 1.65. The molecular weight excluding hydrogens is 541 g/mol. The number of hydrogen-bond acceptors (Lipinski definition) is 5. The third-order valence-corrected chi connectivity index (χ3v) is 5.65. The zero-order chi connectivity index (χ0) is 24.3. The van der Waals surface area contributed by atoms with Gasteiger partial charge in [-0.15, -0.1) is 0 Å². The van der Waals surface area contributed by atoms with Crippen molar-refractivity contribution in [3.8, 4) is 22.9 Å². The van der Waals surface area contributed by atoms with E-state index < -0.39 is 0 Å². The van der Waals surface area contributed by atoms with Gasteiger partial charge in [0.1, 0.15) is 5.60 Å². The molecule has 0 radical (unpaired) electrons. The number of aromatic nitrogens is 2. The fraction of sp³-hybridized carbons (Fsp3) is 0.222. The van der Waals surface area contributed by atoms with E-state index in [9.17, 15) is 4.79 Å². The molecule has 0 aliphatic heterocycles. The summed E-state index contributed by atoms with van der Waals surface area (Å²) in [5, 5.41) is 5.08. The Bertz CT molecular complexity index is 1410. The molecule has 0 spiro atoms. The van der Waals surface area contributed by atoms with Crippen molar-refractivity contribution in [2.24, 2.45) is 5.10 Å². The molecule has 0 saturated carbocycles. The lowest BCUT2D eigenvalue weighted by Gasteiger charge is -2.24. The number of ether oxygens (including phenoxy) is 2. The Morgan fingerprint density at radius 3 is 2.47 bits per heavy atom. The van der Waals surface area contributed by atoms with Crippen molar-refractivity contribution in [2.45, 2.75) is 33.3 Å². The molecule has 0 amide bonds. The summed E-state index contributed by atoms with van der Waals surface area (Å²) in [5.74, 6) is 1.81. The van der Waals surface area contributed by atoms with Gasteiger partial charge in [0.15, 0.2) is 17.3 Å². The van der Waals surface area contributed by atoms with Crippen LogP contribution in [-0.2, 0) is 0 Å². The molecule has 4 aromatic rings. The lowest BCUT2D eigenvalue weighted by Crippen LogP contribution is -2.24. The minimum atomic E-state index is -0.365.